The molecule has 2 aliphatic heterocycles. The molecule has 0 saturated carbocycles. The molecule has 0 amide bonds. The Labute approximate surface area is 73.5 Å². The molecule has 0 bridgehead atoms. The van der Waals surface area contributed by atoms with E-state index in [0.717, 1.165) is 13.2 Å². The lowest BCUT2D eigenvalue weighted by molar-refractivity contribution is -0.151. The molecule has 2 aliphatic rings. The third kappa shape index (κ3) is 1.29. The van der Waals surface area contributed by atoms with Crippen LogP contribution in [-0.2, 0) is 9.47 Å². The summed E-state index contributed by atoms with van der Waals surface area (Å²) in [6.07, 6.45) is 2.48. The second kappa shape index (κ2) is 3.19. The fraction of sp³-hybridized carbons (Fsp3) is 0.800. The minimum Gasteiger partial charge on any atom is -0.352 e. The molecule has 2 heteroatoms. The molecule has 3 atom stereocenters. The third-order valence-electron chi connectivity index (χ3n) is 2.90. The van der Waals surface area contributed by atoms with E-state index in [9.17, 15) is 0 Å². The fourth-order valence-corrected chi connectivity index (χ4v) is 2.17. The van der Waals surface area contributed by atoms with Gasteiger partial charge in [0.25, 0.3) is 0 Å². The van der Waals surface area contributed by atoms with E-state index in [-0.39, 0.29) is 6.29 Å². The lowest BCUT2D eigenvalue weighted by Crippen LogP contribution is -2.28. The zero-order valence-corrected chi connectivity index (χ0v) is 7.58. The normalized spacial score (nSPS) is 40.9. The maximum atomic E-state index is 5.55. The molecular weight excluding hydrogens is 152 g/mol. The fourth-order valence-electron chi connectivity index (χ4n) is 2.17. The van der Waals surface area contributed by atoms with Crippen molar-refractivity contribution in [1.82, 2.24) is 0 Å². The van der Waals surface area contributed by atoms with E-state index in [1.165, 1.54) is 18.4 Å². The number of rotatable bonds is 1. The summed E-state index contributed by atoms with van der Waals surface area (Å²) >= 11 is 0. The second-order valence-corrected chi connectivity index (χ2v) is 3.83. The lowest BCUT2D eigenvalue weighted by atomic mass is 9.85. The molecule has 2 saturated heterocycles. The van der Waals surface area contributed by atoms with Crippen molar-refractivity contribution in [1.29, 1.82) is 0 Å². The molecule has 0 N–H and O–H groups in total. The van der Waals surface area contributed by atoms with Crippen molar-refractivity contribution in [3.8, 4) is 0 Å². The van der Waals surface area contributed by atoms with Crippen LogP contribution in [0.25, 0.3) is 0 Å². The zero-order valence-electron chi connectivity index (χ0n) is 7.58. The van der Waals surface area contributed by atoms with Crippen molar-refractivity contribution >= 4 is 0 Å². The van der Waals surface area contributed by atoms with E-state index in [1.54, 1.807) is 0 Å². The van der Waals surface area contributed by atoms with Crippen LogP contribution in [0.4, 0.5) is 0 Å². The average molecular weight is 168 g/mol. The Hall–Kier alpha value is -0.340. The van der Waals surface area contributed by atoms with Gasteiger partial charge in [-0.25, -0.2) is 0 Å². The quantitative estimate of drug-likeness (QED) is 0.557. The maximum absolute atomic E-state index is 5.55. The van der Waals surface area contributed by atoms with Gasteiger partial charge in [0.2, 0.25) is 0 Å². The summed E-state index contributed by atoms with van der Waals surface area (Å²) in [5.41, 5.74) is 1.24. The molecule has 0 radical (unpaired) electrons. The zero-order chi connectivity index (χ0) is 8.55. The van der Waals surface area contributed by atoms with E-state index in [0.29, 0.717) is 11.8 Å². The molecule has 0 spiro atoms. The summed E-state index contributed by atoms with van der Waals surface area (Å²) in [4.78, 5) is 0. The Bertz CT molecular complexity index is 188. The topological polar surface area (TPSA) is 18.5 Å². The summed E-state index contributed by atoms with van der Waals surface area (Å²) in [6.45, 7) is 7.76. The predicted molar refractivity (Wildman–Crippen MR) is 46.7 cm³/mol. The minimum atomic E-state index is 0.0699. The number of ether oxygens (including phenoxy) is 2. The Balaban J connectivity index is 2.05. The molecule has 0 aromatic rings. The van der Waals surface area contributed by atoms with Crippen LogP contribution in [0.15, 0.2) is 12.2 Å². The van der Waals surface area contributed by atoms with Crippen LogP contribution < -0.4 is 0 Å². The van der Waals surface area contributed by atoms with Gasteiger partial charge in [0.05, 0.1) is 6.61 Å². The van der Waals surface area contributed by atoms with Gasteiger partial charge in [-0.15, -0.1) is 0 Å². The van der Waals surface area contributed by atoms with E-state index in [4.69, 9.17) is 9.47 Å². The maximum Gasteiger partial charge on any atom is 0.161 e. The number of fused-ring (bicyclic) bond motifs is 1. The highest BCUT2D eigenvalue weighted by Gasteiger charge is 2.39. The van der Waals surface area contributed by atoms with Crippen molar-refractivity contribution < 1.29 is 9.47 Å². The Morgan fingerprint density at radius 2 is 2.25 bits per heavy atom. The summed E-state index contributed by atoms with van der Waals surface area (Å²) < 4.78 is 11.1. The first-order chi connectivity index (χ1) is 5.79. The Morgan fingerprint density at radius 1 is 1.42 bits per heavy atom. The summed E-state index contributed by atoms with van der Waals surface area (Å²) in [7, 11) is 0. The molecular formula is C10H16O2. The highest BCUT2D eigenvalue weighted by molar-refractivity contribution is 5.02. The first-order valence-electron chi connectivity index (χ1n) is 4.67. The average Bonchev–Trinajstić information content (AvgIpc) is 2.47. The first kappa shape index (κ1) is 8.27. The van der Waals surface area contributed by atoms with Gasteiger partial charge in [0.1, 0.15) is 0 Å². The molecule has 0 aromatic heterocycles. The molecule has 12 heavy (non-hydrogen) atoms. The van der Waals surface area contributed by atoms with Crippen molar-refractivity contribution in [2.75, 3.05) is 13.2 Å². The summed E-state index contributed by atoms with van der Waals surface area (Å²) in [5.74, 6) is 1.12. The van der Waals surface area contributed by atoms with E-state index >= 15 is 0 Å². The van der Waals surface area contributed by atoms with E-state index in [1.807, 2.05) is 0 Å². The van der Waals surface area contributed by atoms with Crippen LogP contribution in [0.1, 0.15) is 19.8 Å². The number of hydrogen-bond acceptors (Lipinski definition) is 2. The van der Waals surface area contributed by atoms with Crippen molar-refractivity contribution in [3.05, 3.63) is 12.2 Å². The van der Waals surface area contributed by atoms with Crippen LogP contribution in [0.5, 0.6) is 0 Å². The predicted octanol–water partition coefficient (Wildman–Crippen LogP) is 1.96. The van der Waals surface area contributed by atoms with Crippen molar-refractivity contribution in [2.24, 2.45) is 11.8 Å². The van der Waals surface area contributed by atoms with E-state index < -0.39 is 0 Å². The highest BCUT2D eigenvalue weighted by Crippen LogP contribution is 2.37. The van der Waals surface area contributed by atoms with Crippen LogP contribution in [0.2, 0.25) is 0 Å². The van der Waals surface area contributed by atoms with Crippen LogP contribution in [-0.4, -0.2) is 19.5 Å². The highest BCUT2D eigenvalue weighted by atomic mass is 16.7. The monoisotopic (exact) mass is 168 g/mol. The van der Waals surface area contributed by atoms with E-state index in [2.05, 4.69) is 13.5 Å². The van der Waals surface area contributed by atoms with Gasteiger partial charge in [0, 0.05) is 18.4 Å². The molecule has 2 nitrogen and oxygen atoms in total. The molecule has 0 aromatic carbocycles. The van der Waals surface area contributed by atoms with Crippen molar-refractivity contribution in [3.63, 3.8) is 0 Å². The second-order valence-electron chi connectivity index (χ2n) is 3.83. The third-order valence-corrected chi connectivity index (χ3v) is 2.90. The summed E-state index contributed by atoms with van der Waals surface area (Å²) in [6, 6.07) is 0. The van der Waals surface area contributed by atoms with Gasteiger partial charge in [-0.3, -0.25) is 0 Å². The van der Waals surface area contributed by atoms with Gasteiger partial charge in [-0.2, -0.15) is 0 Å². The first-order valence-corrected chi connectivity index (χ1v) is 4.67. The molecule has 0 aliphatic carbocycles. The SMILES string of the molecule is C=C(C)C1CO[C@@H]2OCCC[C@H]12. The molecule has 2 heterocycles. The molecule has 68 valence electrons. The smallest absolute Gasteiger partial charge is 0.161 e. The summed E-state index contributed by atoms with van der Waals surface area (Å²) in [5, 5.41) is 0. The molecule has 2 fully saturated rings. The lowest BCUT2D eigenvalue weighted by Gasteiger charge is -2.27. The van der Waals surface area contributed by atoms with Gasteiger partial charge >= 0.3 is 0 Å². The van der Waals surface area contributed by atoms with Gasteiger partial charge in [0.15, 0.2) is 6.29 Å². The Morgan fingerprint density at radius 3 is 3.00 bits per heavy atom. The minimum absolute atomic E-state index is 0.0699. The van der Waals surface area contributed by atoms with Gasteiger partial charge in [-0.1, -0.05) is 12.2 Å². The van der Waals surface area contributed by atoms with Gasteiger partial charge in [-0.05, 0) is 19.8 Å². The molecule has 2 rings (SSSR count). The molecule has 1 unspecified atom stereocenters. The van der Waals surface area contributed by atoms with Gasteiger partial charge < -0.3 is 9.47 Å². The van der Waals surface area contributed by atoms with Crippen molar-refractivity contribution in [2.45, 2.75) is 26.1 Å². The Kier molecular flexibility index (Phi) is 2.20. The standard InChI is InChI=1S/C10H16O2/c1-7(2)9-6-12-10-8(9)4-3-5-11-10/h8-10H,1,3-6H2,2H3/t8-,9?,10+/m1/s1. The van der Waals surface area contributed by atoms with Crippen LogP contribution >= 0.6 is 0 Å². The van der Waals surface area contributed by atoms with Crippen LogP contribution in [0, 0.1) is 11.8 Å². The largest absolute Gasteiger partial charge is 0.352 e. The number of hydrogen-bond donors (Lipinski definition) is 0. The van der Waals surface area contributed by atoms with Crippen LogP contribution in [0.3, 0.4) is 0 Å².